The van der Waals surface area contributed by atoms with Gasteiger partial charge in [-0.3, -0.25) is 9.59 Å². The van der Waals surface area contributed by atoms with E-state index in [9.17, 15) is 14.0 Å². The second-order valence-corrected chi connectivity index (χ2v) is 7.18. The summed E-state index contributed by atoms with van der Waals surface area (Å²) in [6, 6.07) is 11.3. The minimum absolute atomic E-state index is 0.0214. The normalized spacial score (nSPS) is 14.6. The van der Waals surface area contributed by atoms with Crippen molar-refractivity contribution in [2.45, 2.75) is 32.7 Å². The molecule has 0 radical (unpaired) electrons. The summed E-state index contributed by atoms with van der Waals surface area (Å²) in [7, 11) is 0. The molecular weight excluding hydrogens is 359 g/mol. The molecule has 0 unspecified atom stereocenters. The third-order valence-electron chi connectivity index (χ3n) is 5.09. The molecule has 0 saturated carbocycles. The predicted octanol–water partition coefficient (Wildman–Crippen LogP) is 3.24. The van der Waals surface area contributed by atoms with Gasteiger partial charge in [0.05, 0.1) is 0 Å². The molecule has 2 aromatic rings. The lowest BCUT2D eigenvalue weighted by atomic mass is 10.0. The van der Waals surface area contributed by atoms with Crippen LogP contribution in [0.2, 0.25) is 0 Å². The van der Waals surface area contributed by atoms with Crippen molar-refractivity contribution in [3.05, 3.63) is 65.0 Å². The van der Waals surface area contributed by atoms with Gasteiger partial charge in [0.1, 0.15) is 11.6 Å². The second-order valence-electron chi connectivity index (χ2n) is 7.18. The monoisotopic (exact) mass is 384 g/mol. The summed E-state index contributed by atoms with van der Waals surface area (Å²) in [5, 5.41) is 2.97. The number of hydrogen-bond donors (Lipinski definition) is 1. The molecule has 1 aliphatic rings. The summed E-state index contributed by atoms with van der Waals surface area (Å²) in [5.41, 5.74) is 2.78. The zero-order chi connectivity index (χ0) is 20.1. The van der Waals surface area contributed by atoms with Crippen LogP contribution in [0.15, 0.2) is 42.5 Å². The number of hydrogen-bond acceptors (Lipinski definition) is 3. The summed E-state index contributed by atoms with van der Waals surface area (Å²) in [6.07, 6.45) is 1.37. The SMILES string of the molecule is Cc1ccc(OCC(=O)NC2CCN(C(=O)c3ccc(F)cc3)CC2)cc1C. The van der Waals surface area contributed by atoms with Crippen LogP contribution in [0, 0.1) is 19.7 Å². The molecule has 0 aromatic heterocycles. The first-order valence-electron chi connectivity index (χ1n) is 9.46. The van der Waals surface area contributed by atoms with Gasteiger partial charge in [-0.25, -0.2) is 4.39 Å². The number of amides is 2. The van der Waals surface area contributed by atoms with Crippen molar-refractivity contribution in [2.75, 3.05) is 19.7 Å². The second kappa shape index (κ2) is 8.87. The Morgan fingerprint density at radius 2 is 1.75 bits per heavy atom. The van der Waals surface area contributed by atoms with Crippen molar-refractivity contribution < 1.29 is 18.7 Å². The zero-order valence-electron chi connectivity index (χ0n) is 16.2. The van der Waals surface area contributed by atoms with Crippen LogP contribution in [0.25, 0.3) is 0 Å². The van der Waals surface area contributed by atoms with Gasteiger partial charge >= 0.3 is 0 Å². The Morgan fingerprint density at radius 1 is 1.07 bits per heavy atom. The number of likely N-dealkylation sites (tertiary alicyclic amines) is 1. The number of carbonyl (C=O) groups excluding carboxylic acids is 2. The Balaban J connectivity index is 1.43. The summed E-state index contributed by atoms with van der Waals surface area (Å²) in [5.74, 6) is 0.0448. The van der Waals surface area contributed by atoms with E-state index in [-0.39, 0.29) is 30.3 Å². The van der Waals surface area contributed by atoms with E-state index in [1.54, 1.807) is 4.90 Å². The number of nitrogens with zero attached hydrogens (tertiary/aromatic N) is 1. The van der Waals surface area contributed by atoms with Crippen molar-refractivity contribution >= 4 is 11.8 Å². The minimum Gasteiger partial charge on any atom is -0.484 e. The highest BCUT2D eigenvalue weighted by Gasteiger charge is 2.24. The van der Waals surface area contributed by atoms with Crippen LogP contribution in [-0.4, -0.2) is 42.5 Å². The first-order chi connectivity index (χ1) is 13.4. The molecule has 0 spiro atoms. The summed E-state index contributed by atoms with van der Waals surface area (Å²) in [6.45, 7) is 5.11. The number of carbonyl (C=O) groups is 2. The van der Waals surface area contributed by atoms with Crippen LogP contribution >= 0.6 is 0 Å². The first-order valence-corrected chi connectivity index (χ1v) is 9.46. The molecule has 28 heavy (non-hydrogen) atoms. The fraction of sp³-hybridized carbons (Fsp3) is 0.364. The molecule has 0 bridgehead atoms. The number of aryl methyl sites for hydroxylation is 2. The molecule has 2 aromatic carbocycles. The molecule has 148 valence electrons. The van der Waals surface area contributed by atoms with E-state index in [0.717, 1.165) is 5.56 Å². The fourth-order valence-corrected chi connectivity index (χ4v) is 3.22. The molecular formula is C22H25FN2O3. The molecule has 0 atom stereocenters. The highest BCUT2D eigenvalue weighted by molar-refractivity contribution is 5.94. The topological polar surface area (TPSA) is 58.6 Å². The molecule has 3 rings (SSSR count). The maximum Gasteiger partial charge on any atom is 0.258 e. The van der Waals surface area contributed by atoms with E-state index < -0.39 is 0 Å². The quantitative estimate of drug-likeness (QED) is 0.861. The van der Waals surface area contributed by atoms with Crippen molar-refractivity contribution in [1.29, 1.82) is 0 Å². The molecule has 1 heterocycles. The smallest absolute Gasteiger partial charge is 0.258 e. The third-order valence-corrected chi connectivity index (χ3v) is 5.09. The van der Waals surface area contributed by atoms with E-state index >= 15 is 0 Å². The molecule has 6 heteroatoms. The van der Waals surface area contributed by atoms with Crippen molar-refractivity contribution in [3.63, 3.8) is 0 Å². The molecule has 1 fully saturated rings. The Bertz CT molecular complexity index is 843. The summed E-state index contributed by atoms with van der Waals surface area (Å²) >= 11 is 0. The largest absolute Gasteiger partial charge is 0.484 e. The zero-order valence-corrected chi connectivity index (χ0v) is 16.2. The van der Waals surface area contributed by atoms with Crippen LogP contribution in [0.5, 0.6) is 5.75 Å². The number of nitrogens with one attached hydrogen (secondary N) is 1. The Kier molecular flexibility index (Phi) is 6.29. The maximum atomic E-state index is 13.0. The standard InChI is InChI=1S/C22H25FN2O3/c1-15-3-8-20(13-16(15)2)28-14-21(26)24-19-9-11-25(12-10-19)22(27)17-4-6-18(23)7-5-17/h3-8,13,19H,9-12,14H2,1-2H3,(H,24,26). The van der Waals surface area contributed by atoms with Gasteiger partial charge < -0.3 is 15.0 Å². The lowest BCUT2D eigenvalue weighted by Crippen LogP contribution is -2.47. The lowest BCUT2D eigenvalue weighted by Gasteiger charge is -2.32. The van der Waals surface area contributed by atoms with Gasteiger partial charge in [-0.1, -0.05) is 6.07 Å². The molecule has 0 aliphatic carbocycles. The van der Waals surface area contributed by atoms with Gasteiger partial charge in [0.15, 0.2) is 6.61 Å². The summed E-state index contributed by atoms with van der Waals surface area (Å²) < 4.78 is 18.6. The van der Waals surface area contributed by atoms with Crippen LogP contribution < -0.4 is 10.1 Å². The van der Waals surface area contributed by atoms with E-state index in [0.29, 0.717) is 37.2 Å². The van der Waals surface area contributed by atoms with Gasteiger partial charge in [0.2, 0.25) is 0 Å². The average molecular weight is 384 g/mol. The Morgan fingerprint density at radius 3 is 2.39 bits per heavy atom. The number of rotatable bonds is 5. The number of benzene rings is 2. The average Bonchev–Trinajstić information content (AvgIpc) is 2.69. The Hall–Kier alpha value is -2.89. The van der Waals surface area contributed by atoms with Crippen molar-refractivity contribution in [3.8, 4) is 5.75 Å². The van der Waals surface area contributed by atoms with Crippen LogP contribution in [-0.2, 0) is 4.79 Å². The van der Waals surface area contributed by atoms with Gasteiger partial charge in [-0.05, 0) is 74.2 Å². The van der Waals surface area contributed by atoms with Crippen LogP contribution in [0.3, 0.4) is 0 Å². The van der Waals surface area contributed by atoms with E-state index in [1.807, 2.05) is 32.0 Å². The molecule has 1 saturated heterocycles. The van der Waals surface area contributed by atoms with Crippen molar-refractivity contribution in [2.24, 2.45) is 0 Å². The van der Waals surface area contributed by atoms with E-state index in [4.69, 9.17) is 4.74 Å². The maximum absolute atomic E-state index is 13.0. The van der Waals surface area contributed by atoms with Crippen molar-refractivity contribution in [1.82, 2.24) is 10.2 Å². The van der Waals surface area contributed by atoms with Gasteiger partial charge in [0, 0.05) is 24.7 Å². The molecule has 1 N–H and O–H groups in total. The third kappa shape index (κ3) is 5.09. The number of piperidine rings is 1. The van der Waals surface area contributed by atoms with Gasteiger partial charge in [-0.15, -0.1) is 0 Å². The fourth-order valence-electron chi connectivity index (χ4n) is 3.22. The molecule has 5 nitrogen and oxygen atoms in total. The molecule has 2 amide bonds. The highest BCUT2D eigenvalue weighted by Crippen LogP contribution is 2.17. The Labute approximate surface area is 164 Å². The van der Waals surface area contributed by atoms with Crippen LogP contribution in [0.1, 0.15) is 34.3 Å². The highest BCUT2D eigenvalue weighted by atomic mass is 19.1. The lowest BCUT2D eigenvalue weighted by molar-refractivity contribution is -0.124. The number of halogens is 1. The van der Waals surface area contributed by atoms with E-state index in [1.165, 1.54) is 29.8 Å². The molecule has 1 aliphatic heterocycles. The minimum atomic E-state index is -0.360. The predicted molar refractivity (Wildman–Crippen MR) is 105 cm³/mol. The number of ether oxygens (including phenoxy) is 1. The van der Waals surface area contributed by atoms with Crippen LogP contribution in [0.4, 0.5) is 4.39 Å². The summed E-state index contributed by atoms with van der Waals surface area (Å²) in [4.78, 5) is 26.3. The van der Waals surface area contributed by atoms with Gasteiger partial charge in [-0.2, -0.15) is 0 Å². The van der Waals surface area contributed by atoms with E-state index in [2.05, 4.69) is 5.32 Å². The van der Waals surface area contributed by atoms with Gasteiger partial charge in [0.25, 0.3) is 11.8 Å². The first kappa shape index (κ1) is 19.9.